The molecule has 1 N–H and O–H groups in total. The summed E-state index contributed by atoms with van der Waals surface area (Å²) in [7, 11) is 0. The Balaban J connectivity index is 1.22. The summed E-state index contributed by atoms with van der Waals surface area (Å²) < 4.78 is -0.973. The Hall–Kier alpha value is -5.12. The van der Waals surface area contributed by atoms with Crippen LogP contribution in [0.15, 0.2) is 182 Å². The molecule has 0 heterocycles. The molecular weight excluding hydrogens is 777 g/mol. The molecule has 6 rings (SSSR count). The molecule has 0 aliphatic heterocycles. The van der Waals surface area contributed by atoms with Gasteiger partial charge < -0.3 is 5.32 Å². The highest BCUT2D eigenvalue weighted by Crippen LogP contribution is 2.49. The zero-order valence-corrected chi connectivity index (χ0v) is 36.8. The molecule has 0 unspecified atom stereocenters. The standard InChI is InChI=1S/C52H58N4O2S2/c1-4-55(5-2)56(6-3)50(58)42-54(38-40-60-52(46-31-19-10-20-32-46,47-33-21-11-22-34-47)48-35-23-12-24-36-48)41-49(57)53-37-39-59-51(43-25-13-7-14-26-43,44-27-15-8-16-28-44)45-29-17-9-18-30-45/h7-36H,4-6,37-42H2,1-3H3,(H,53,57). The molecule has 0 fully saturated rings. The van der Waals surface area contributed by atoms with E-state index in [0.717, 1.165) is 13.1 Å². The third-order valence-electron chi connectivity index (χ3n) is 10.9. The van der Waals surface area contributed by atoms with Gasteiger partial charge in [-0.3, -0.25) is 19.5 Å². The van der Waals surface area contributed by atoms with Gasteiger partial charge in [-0.05, 0) is 40.3 Å². The molecule has 60 heavy (non-hydrogen) atoms. The zero-order valence-electron chi connectivity index (χ0n) is 35.2. The van der Waals surface area contributed by atoms with E-state index in [-0.39, 0.29) is 24.9 Å². The Bertz CT molecular complexity index is 1960. The lowest BCUT2D eigenvalue weighted by atomic mass is 9.84. The van der Waals surface area contributed by atoms with Gasteiger partial charge in [0, 0.05) is 44.2 Å². The summed E-state index contributed by atoms with van der Waals surface area (Å²) in [5, 5.41) is 7.13. The van der Waals surface area contributed by atoms with Gasteiger partial charge >= 0.3 is 0 Å². The maximum Gasteiger partial charge on any atom is 0.251 e. The van der Waals surface area contributed by atoms with Crippen LogP contribution in [0.25, 0.3) is 0 Å². The molecular formula is C52H58N4O2S2. The second-order valence-corrected chi connectivity index (χ2v) is 17.2. The number of amides is 2. The fourth-order valence-corrected chi connectivity index (χ4v) is 11.1. The van der Waals surface area contributed by atoms with Crippen LogP contribution in [0.2, 0.25) is 0 Å². The van der Waals surface area contributed by atoms with Crippen LogP contribution < -0.4 is 5.32 Å². The van der Waals surface area contributed by atoms with Crippen molar-refractivity contribution in [3.8, 4) is 0 Å². The highest BCUT2D eigenvalue weighted by molar-refractivity contribution is 8.00. The summed E-state index contributed by atoms with van der Waals surface area (Å²) in [6.45, 7) is 9.45. The lowest BCUT2D eigenvalue weighted by Crippen LogP contribution is -2.51. The Morgan fingerprint density at radius 3 is 1.12 bits per heavy atom. The predicted molar refractivity (Wildman–Crippen MR) is 253 cm³/mol. The van der Waals surface area contributed by atoms with Gasteiger partial charge in [0.15, 0.2) is 0 Å². The molecule has 2 amide bonds. The Morgan fingerprint density at radius 2 is 0.800 bits per heavy atom. The summed E-state index contributed by atoms with van der Waals surface area (Å²) >= 11 is 3.67. The minimum absolute atomic E-state index is 0.00614. The fraction of sp³-hybridized carbons (Fsp3) is 0.269. The zero-order chi connectivity index (χ0) is 42.0. The van der Waals surface area contributed by atoms with Gasteiger partial charge in [0.1, 0.15) is 0 Å². The Labute approximate surface area is 366 Å². The minimum Gasteiger partial charge on any atom is -0.354 e. The third-order valence-corrected chi connectivity index (χ3v) is 14.0. The first-order valence-corrected chi connectivity index (χ1v) is 23.1. The molecule has 8 heteroatoms. The average molecular weight is 835 g/mol. The largest absolute Gasteiger partial charge is 0.354 e. The van der Waals surface area contributed by atoms with Crippen LogP contribution in [0.4, 0.5) is 0 Å². The maximum atomic E-state index is 14.0. The Kier molecular flexibility index (Phi) is 16.6. The maximum absolute atomic E-state index is 14.0. The van der Waals surface area contributed by atoms with Gasteiger partial charge in [0.25, 0.3) is 5.91 Å². The van der Waals surface area contributed by atoms with E-state index >= 15 is 0 Å². The van der Waals surface area contributed by atoms with Crippen LogP contribution in [-0.2, 0) is 19.1 Å². The van der Waals surface area contributed by atoms with Gasteiger partial charge in [-0.15, -0.1) is 23.5 Å². The summed E-state index contributed by atoms with van der Waals surface area (Å²) in [4.78, 5) is 30.0. The number of benzene rings is 6. The highest BCUT2D eigenvalue weighted by Gasteiger charge is 2.38. The van der Waals surface area contributed by atoms with E-state index in [2.05, 4.69) is 206 Å². The normalized spacial score (nSPS) is 11.8. The Morgan fingerprint density at radius 1 is 0.467 bits per heavy atom. The van der Waals surface area contributed by atoms with Crippen molar-refractivity contribution >= 4 is 35.3 Å². The van der Waals surface area contributed by atoms with Crippen molar-refractivity contribution in [2.75, 3.05) is 57.3 Å². The van der Waals surface area contributed by atoms with Crippen LogP contribution in [0.1, 0.15) is 54.2 Å². The molecule has 6 aromatic carbocycles. The summed E-state index contributed by atoms with van der Waals surface area (Å²) in [5.41, 5.74) is 7.11. The van der Waals surface area contributed by atoms with E-state index in [1.165, 1.54) is 33.4 Å². The molecule has 0 atom stereocenters. The second-order valence-electron chi connectivity index (χ2n) is 14.6. The number of hydrogen-bond donors (Lipinski definition) is 1. The number of carbonyl (C=O) groups excluding carboxylic acids is 2. The van der Waals surface area contributed by atoms with E-state index in [9.17, 15) is 9.59 Å². The van der Waals surface area contributed by atoms with Crippen molar-refractivity contribution in [1.82, 2.24) is 20.2 Å². The average Bonchev–Trinajstić information content (AvgIpc) is 3.31. The molecule has 0 saturated carbocycles. The number of rotatable bonds is 22. The van der Waals surface area contributed by atoms with Gasteiger partial charge in [0.2, 0.25) is 5.91 Å². The topological polar surface area (TPSA) is 55.9 Å². The molecule has 0 bridgehead atoms. The van der Waals surface area contributed by atoms with Gasteiger partial charge in [-0.25, -0.2) is 5.01 Å². The number of thioether (sulfide) groups is 2. The molecule has 0 radical (unpaired) electrons. The van der Waals surface area contributed by atoms with Crippen LogP contribution >= 0.6 is 23.5 Å². The lowest BCUT2D eigenvalue weighted by Gasteiger charge is -2.37. The van der Waals surface area contributed by atoms with Crippen molar-refractivity contribution in [3.63, 3.8) is 0 Å². The number of hydrogen-bond acceptors (Lipinski definition) is 6. The first kappa shape index (κ1) is 44.4. The molecule has 0 aliphatic carbocycles. The van der Waals surface area contributed by atoms with Crippen molar-refractivity contribution in [2.45, 2.75) is 30.3 Å². The van der Waals surface area contributed by atoms with E-state index in [0.29, 0.717) is 31.1 Å². The van der Waals surface area contributed by atoms with Crippen molar-refractivity contribution in [1.29, 1.82) is 0 Å². The number of hydrazine groups is 1. The van der Waals surface area contributed by atoms with E-state index < -0.39 is 9.49 Å². The number of likely N-dealkylation sites (N-methyl/N-ethyl adjacent to an activating group) is 1. The SMILES string of the molecule is CCN(CC)N(CC)C(=O)CN(CCSC(c1ccccc1)(c1ccccc1)c1ccccc1)CC(=O)NCCSC(c1ccccc1)(c1ccccc1)c1ccccc1. The second kappa shape index (κ2) is 22.5. The van der Waals surface area contributed by atoms with Crippen LogP contribution in [0.3, 0.4) is 0 Å². The fourth-order valence-electron chi connectivity index (χ4n) is 8.10. The molecule has 310 valence electrons. The summed E-state index contributed by atoms with van der Waals surface area (Å²) in [6.07, 6.45) is 0. The van der Waals surface area contributed by atoms with E-state index in [1.807, 2.05) is 40.4 Å². The van der Waals surface area contributed by atoms with E-state index in [1.54, 1.807) is 0 Å². The van der Waals surface area contributed by atoms with Gasteiger partial charge in [-0.1, -0.05) is 196 Å². The molecule has 6 aromatic rings. The molecule has 0 aliphatic rings. The quantitative estimate of drug-likeness (QED) is 0.0418. The molecule has 0 aromatic heterocycles. The molecule has 6 nitrogen and oxygen atoms in total. The predicted octanol–water partition coefficient (Wildman–Crippen LogP) is 9.96. The smallest absolute Gasteiger partial charge is 0.251 e. The van der Waals surface area contributed by atoms with Gasteiger partial charge in [-0.2, -0.15) is 0 Å². The van der Waals surface area contributed by atoms with Crippen LogP contribution in [0, 0.1) is 0 Å². The molecule has 0 saturated heterocycles. The lowest BCUT2D eigenvalue weighted by molar-refractivity contribution is -0.149. The van der Waals surface area contributed by atoms with Crippen molar-refractivity contribution in [3.05, 3.63) is 215 Å². The number of nitrogens with one attached hydrogen (secondary N) is 1. The first-order valence-electron chi connectivity index (χ1n) is 21.1. The van der Waals surface area contributed by atoms with E-state index in [4.69, 9.17) is 0 Å². The van der Waals surface area contributed by atoms with Crippen molar-refractivity contribution in [2.24, 2.45) is 0 Å². The third kappa shape index (κ3) is 10.6. The van der Waals surface area contributed by atoms with Crippen LogP contribution in [0.5, 0.6) is 0 Å². The monoisotopic (exact) mass is 834 g/mol. The summed E-state index contributed by atoms with van der Waals surface area (Å²) in [6, 6.07) is 63.8. The van der Waals surface area contributed by atoms with Gasteiger partial charge in [0.05, 0.1) is 22.6 Å². The number of nitrogens with zero attached hydrogens (tertiary/aromatic N) is 3. The summed E-state index contributed by atoms with van der Waals surface area (Å²) in [5.74, 6) is 1.26. The molecule has 0 spiro atoms. The first-order chi connectivity index (χ1) is 29.5. The van der Waals surface area contributed by atoms with Crippen LogP contribution in [-0.4, -0.2) is 84.1 Å². The number of carbonyl (C=O) groups is 2. The van der Waals surface area contributed by atoms with Crippen molar-refractivity contribution < 1.29 is 9.59 Å². The minimum atomic E-state index is -0.502. The highest BCUT2D eigenvalue weighted by atomic mass is 32.2.